The molecule has 5 rings (SSSR count). The number of fused-ring (bicyclic) bond motifs is 1. The fourth-order valence-corrected chi connectivity index (χ4v) is 4.59. The average molecular weight is 454 g/mol. The van der Waals surface area contributed by atoms with Gasteiger partial charge in [-0.3, -0.25) is 9.59 Å². The molecule has 3 heterocycles. The molecule has 0 saturated carbocycles. The summed E-state index contributed by atoms with van der Waals surface area (Å²) in [5, 5.41) is 11.1. The highest BCUT2D eigenvalue weighted by molar-refractivity contribution is 6.07. The molecule has 2 atom stereocenters. The maximum atomic E-state index is 13.7. The van der Waals surface area contributed by atoms with Crippen LogP contribution in [-0.2, 0) is 4.79 Å². The Hall–Kier alpha value is -4.40. The molecule has 9 nitrogen and oxygen atoms in total. The van der Waals surface area contributed by atoms with Gasteiger partial charge in [0.25, 0.3) is 5.91 Å². The van der Waals surface area contributed by atoms with Crippen LogP contribution < -0.4 is 9.80 Å². The molecule has 2 amide bonds. The Morgan fingerprint density at radius 2 is 1.79 bits per heavy atom. The van der Waals surface area contributed by atoms with Crippen molar-refractivity contribution in [2.75, 3.05) is 9.80 Å². The van der Waals surface area contributed by atoms with Crippen LogP contribution in [0.5, 0.6) is 0 Å². The Morgan fingerprint density at radius 3 is 2.53 bits per heavy atom. The topological polar surface area (TPSA) is 97.1 Å². The summed E-state index contributed by atoms with van der Waals surface area (Å²) in [6.45, 7) is 3.59. The molecule has 0 N–H and O–H groups in total. The number of hydrogen-bond acceptors (Lipinski definition) is 6. The molecule has 0 radical (unpaired) electrons. The van der Waals surface area contributed by atoms with Crippen LogP contribution in [-0.4, -0.2) is 43.0 Å². The Labute approximate surface area is 196 Å². The van der Waals surface area contributed by atoms with Crippen LogP contribution in [0, 0.1) is 0 Å². The number of rotatable bonds is 4. The normalized spacial score (nSPS) is 17.2. The molecule has 0 saturated heterocycles. The zero-order valence-electron chi connectivity index (χ0n) is 18.8. The van der Waals surface area contributed by atoms with Gasteiger partial charge >= 0.3 is 0 Å². The molecule has 0 aliphatic carbocycles. The number of aromatic nitrogens is 5. The van der Waals surface area contributed by atoms with E-state index in [1.165, 1.54) is 11.0 Å². The molecule has 2 aromatic carbocycles. The van der Waals surface area contributed by atoms with Gasteiger partial charge in [0, 0.05) is 36.1 Å². The van der Waals surface area contributed by atoms with E-state index < -0.39 is 0 Å². The number of carbonyl (C=O) groups excluding carboxylic acids is 2. The van der Waals surface area contributed by atoms with Gasteiger partial charge in [-0.05, 0) is 59.7 Å². The molecule has 4 aromatic rings. The standard InChI is InChI=1S/C25H23N7O2/c1-17-14-23(32(18(2)33)20-8-4-3-5-9-20)21-10-6-7-11-22(21)31(17)25(34)19-12-13-26-24(15-19)30-16-27-28-29-30/h3-13,15-17,23H,14H2,1-2H3/t17-,23+/m1/s1. The van der Waals surface area contributed by atoms with Crippen LogP contribution in [0.3, 0.4) is 0 Å². The van der Waals surface area contributed by atoms with Gasteiger partial charge in [0.15, 0.2) is 5.82 Å². The first kappa shape index (κ1) is 21.4. The first-order chi connectivity index (χ1) is 16.5. The summed E-state index contributed by atoms with van der Waals surface area (Å²) >= 11 is 0. The average Bonchev–Trinajstić information content (AvgIpc) is 3.40. The van der Waals surface area contributed by atoms with E-state index in [1.807, 2.05) is 66.4 Å². The lowest BCUT2D eigenvalue weighted by atomic mass is 9.89. The van der Waals surface area contributed by atoms with Gasteiger partial charge in [-0.15, -0.1) is 5.10 Å². The summed E-state index contributed by atoms with van der Waals surface area (Å²) < 4.78 is 1.41. The smallest absolute Gasteiger partial charge is 0.258 e. The first-order valence-electron chi connectivity index (χ1n) is 11.0. The lowest BCUT2D eigenvalue weighted by Gasteiger charge is -2.43. The molecule has 1 aliphatic rings. The van der Waals surface area contributed by atoms with Crippen molar-refractivity contribution < 1.29 is 9.59 Å². The molecule has 0 fully saturated rings. The monoisotopic (exact) mass is 453 g/mol. The van der Waals surface area contributed by atoms with Crippen LogP contribution in [0.4, 0.5) is 11.4 Å². The minimum Gasteiger partial charge on any atom is -0.305 e. The second-order valence-corrected chi connectivity index (χ2v) is 8.22. The van der Waals surface area contributed by atoms with Crippen LogP contribution in [0.1, 0.15) is 42.2 Å². The van der Waals surface area contributed by atoms with Gasteiger partial charge in [-0.2, -0.15) is 4.68 Å². The number of benzene rings is 2. The molecule has 170 valence electrons. The van der Waals surface area contributed by atoms with Gasteiger partial charge in [0.05, 0.1) is 6.04 Å². The lowest BCUT2D eigenvalue weighted by molar-refractivity contribution is -0.117. The second-order valence-electron chi connectivity index (χ2n) is 8.22. The van der Waals surface area contributed by atoms with Crippen molar-refractivity contribution >= 4 is 23.2 Å². The summed E-state index contributed by atoms with van der Waals surface area (Å²) in [6.07, 6.45) is 3.60. The minimum atomic E-state index is -0.190. The van der Waals surface area contributed by atoms with Gasteiger partial charge in [-0.1, -0.05) is 36.4 Å². The third-order valence-electron chi connectivity index (χ3n) is 6.04. The molecule has 0 spiro atoms. The van der Waals surface area contributed by atoms with Crippen LogP contribution in [0.2, 0.25) is 0 Å². The third kappa shape index (κ3) is 3.81. The number of amides is 2. The second kappa shape index (κ2) is 8.86. The molecule has 0 bridgehead atoms. The van der Waals surface area contributed by atoms with E-state index in [9.17, 15) is 9.59 Å². The molecule has 0 unspecified atom stereocenters. The predicted octanol–water partition coefficient (Wildman–Crippen LogP) is 3.59. The highest BCUT2D eigenvalue weighted by Gasteiger charge is 2.38. The Bertz CT molecular complexity index is 1320. The van der Waals surface area contributed by atoms with Gasteiger partial charge in [0.1, 0.15) is 6.33 Å². The van der Waals surface area contributed by atoms with E-state index in [4.69, 9.17) is 0 Å². The number of anilines is 2. The highest BCUT2D eigenvalue weighted by Crippen LogP contribution is 2.42. The van der Waals surface area contributed by atoms with Gasteiger partial charge < -0.3 is 9.80 Å². The summed E-state index contributed by atoms with van der Waals surface area (Å²) in [6, 6.07) is 20.4. The molecular weight excluding hydrogens is 430 g/mol. The van der Waals surface area contributed by atoms with E-state index in [0.29, 0.717) is 17.8 Å². The number of nitrogens with zero attached hydrogens (tertiary/aromatic N) is 7. The van der Waals surface area contributed by atoms with Crippen LogP contribution >= 0.6 is 0 Å². The number of hydrogen-bond donors (Lipinski definition) is 0. The Morgan fingerprint density at radius 1 is 1.03 bits per heavy atom. The summed E-state index contributed by atoms with van der Waals surface area (Å²) in [5.74, 6) is 0.265. The largest absolute Gasteiger partial charge is 0.305 e. The van der Waals surface area contributed by atoms with Crippen molar-refractivity contribution in [3.05, 3.63) is 90.4 Å². The van der Waals surface area contributed by atoms with E-state index in [-0.39, 0.29) is 23.9 Å². The molecule has 9 heteroatoms. The SMILES string of the molecule is CC(=O)N(c1ccccc1)[C@H]1C[C@@H](C)N(C(=O)c2ccnc(-n3cnnn3)c2)c2ccccc21. The zero-order chi connectivity index (χ0) is 23.7. The zero-order valence-corrected chi connectivity index (χ0v) is 18.8. The number of tetrazole rings is 1. The fourth-order valence-electron chi connectivity index (χ4n) is 4.59. The summed E-state index contributed by atoms with van der Waals surface area (Å²) in [5.41, 5.74) is 3.04. The van der Waals surface area contributed by atoms with Crippen molar-refractivity contribution in [1.82, 2.24) is 25.2 Å². The van der Waals surface area contributed by atoms with Crippen molar-refractivity contribution in [1.29, 1.82) is 0 Å². The van der Waals surface area contributed by atoms with Crippen molar-refractivity contribution in [3.63, 3.8) is 0 Å². The number of pyridine rings is 1. The van der Waals surface area contributed by atoms with Gasteiger partial charge in [0.2, 0.25) is 5.91 Å². The molecule has 34 heavy (non-hydrogen) atoms. The molecular formula is C25H23N7O2. The first-order valence-corrected chi connectivity index (χ1v) is 11.0. The van der Waals surface area contributed by atoms with Crippen molar-refractivity contribution in [2.45, 2.75) is 32.4 Å². The van der Waals surface area contributed by atoms with Crippen molar-refractivity contribution in [2.24, 2.45) is 0 Å². The molecule has 1 aliphatic heterocycles. The minimum absolute atomic E-state index is 0.0433. The summed E-state index contributed by atoms with van der Waals surface area (Å²) in [7, 11) is 0. The van der Waals surface area contributed by atoms with E-state index >= 15 is 0 Å². The predicted molar refractivity (Wildman–Crippen MR) is 127 cm³/mol. The van der Waals surface area contributed by atoms with E-state index in [2.05, 4.69) is 20.5 Å². The van der Waals surface area contributed by atoms with Gasteiger partial charge in [-0.25, -0.2) is 4.98 Å². The fraction of sp³-hybridized carbons (Fsp3) is 0.200. The van der Waals surface area contributed by atoms with Crippen LogP contribution in [0.15, 0.2) is 79.3 Å². The Kier molecular flexibility index (Phi) is 5.59. The maximum Gasteiger partial charge on any atom is 0.258 e. The highest BCUT2D eigenvalue weighted by atomic mass is 16.2. The number of carbonyl (C=O) groups is 2. The molecule has 2 aromatic heterocycles. The third-order valence-corrected chi connectivity index (χ3v) is 6.04. The number of para-hydroxylation sites is 2. The lowest BCUT2D eigenvalue weighted by Crippen LogP contribution is -2.47. The van der Waals surface area contributed by atoms with Crippen molar-refractivity contribution in [3.8, 4) is 5.82 Å². The van der Waals surface area contributed by atoms with Crippen LogP contribution in [0.25, 0.3) is 5.82 Å². The quantitative estimate of drug-likeness (QED) is 0.468. The summed E-state index contributed by atoms with van der Waals surface area (Å²) in [4.78, 5) is 34.4. The maximum absolute atomic E-state index is 13.7. The Balaban J connectivity index is 1.54. The van der Waals surface area contributed by atoms with E-state index in [1.54, 1.807) is 30.2 Å². The van der Waals surface area contributed by atoms with E-state index in [0.717, 1.165) is 16.9 Å².